The van der Waals surface area contributed by atoms with Gasteiger partial charge in [0.05, 0.1) is 9.79 Å². The smallest absolute Gasteiger partial charge is 0.261 e. The summed E-state index contributed by atoms with van der Waals surface area (Å²) in [6.07, 6.45) is 0. The van der Waals surface area contributed by atoms with Crippen LogP contribution in [0.25, 0.3) is 0 Å². The molecule has 1 aromatic heterocycles. The zero-order chi connectivity index (χ0) is 15.0. The van der Waals surface area contributed by atoms with Gasteiger partial charge in [0.25, 0.3) is 16.0 Å². The standard InChI is InChI=1S/C9H11N5O4S2/c1-6-11-9(13-12-6)14-20(17,18)8-4-2-3-7(5-8)19(10,15)16/h2-5H,1H3,(H2,10,15,16)(H2,11,12,13,14). The second-order valence-corrected chi connectivity index (χ2v) is 7.11. The van der Waals surface area contributed by atoms with Gasteiger partial charge in [-0.2, -0.15) is 4.98 Å². The molecule has 0 aliphatic carbocycles. The molecule has 2 rings (SSSR count). The van der Waals surface area contributed by atoms with Gasteiger partial charge in [-0.25, -0.2) is 26.7 Å². The van der Waals surface area contributed by atoms with Crippen molar-refractivity contribution in [3.05, 3.63) is 30.1 Å². The Morgan fingerprint density at radius 3 is 2.40 bits per heavy atom. The van der Waals surface area contributed by atoms with Gasteiger partial charge in [0, 0.05) is 0 Å². The number of rotatable bonds is 4. The van der Waals surface area contributed by atoms with Gasteiger partial charge in [-0.15, -0.1) is 5.10 Å². The quantitative estimate of drug-likeness (QED) is 0.696. The Bertz CT molecular complexity index is 841. The first-order valence-electron chi connectivity index (χ1n) is 5.23. The van der Waals surface area contributed by atoms with Crippen LogP contribution in [0, 0.1) is 6.92 Å². The largest absolute Gasteiger partial charge is 0.264 e. The van der Waals surface area contributed by atoms with Crippen LogP contribution in [0.1, 0.15) is 5.82 Å². The molecule has 1 heterocycles. The summed E-state index contributed by atoms with van der Waals surface area (Å²) in [4.78, 5) is 3.24. The van der Waals surface area contributed by atoms with Gasteiger partial charge in [0.15, 0.2) is 0 Å². The highest BCUT2D eigenvalue weighted by molar-refractivity contribution is 7.92. The number of benzene rings is 1. The fourth-order valence-corrected chi connectivity index (χ4v) is 3.01. The zero-order valence-corrected chi connectivity index (χ0v) is 11.9. The molecule has 0 unspecified atom stereocenters. The van der Waals surface area contributed by atoms with Gasteiger partial charge in [0.1, 0.15) is 5.82 Å². The van der Waals surface area contributed by atoms with Crippen molar-refractivity contribution in [2.75, 3.05) is 4.72 Å². The third-order valence-corrected chi connectivity index (χ3v) is 4.50. The zero-order valence-electron chi connectivity index (χ0n) is 10.2. The number of aromatic amines is 1. The predicted octanol–water partition coefficient (Wildman–Crippen LogP) is -0.439. The first-order valence-corrected chi connectivity index (χ1v) is 8.26. The number of nitrogens with one attached hydrogen (secondary N) is 2. The number of anilines is 1. The highest BCUT2D eigenvalue weighted by atomic mass is 32.2. The lowest BCUT2D eigenvalue weighted by Gasteiger charge is -2.05. The Labute approximate surface area is 115 Å². The van der Waals surface area contributed by atoms with E-state index in [1.807, 2.05) is 0 Å². The third kappa shape index (κ3) is 3.12. The summed E-state index contributed by atoms with van der Waals surface area (Å²) in [6.45, 7) is 1.60. The molecular weight excluding hydrogens is 306 g/mol. The van der Waals surface area contributed by atoms with Gasteiger partial charge < -0.3 is 0 Å². The van der Waals surface area contributed by atoms with Crippen molar-refractivity contribution in [3.8, 4) is 0 Å². The van der Waals surface area contributed by atoms with E-state index in [0.29, 0.717) is 5.82 Å². The molecule has 0 saturated heterocycles. The molecule has 11 heteroatoms. The maximum absolute atomic E-state index is 12.0. The van der Waals surface area contributed by atoms with E-state index in [1.54, 1.807) is 6.92 Å². The average Bonchev–Trinajstić information content (AvgIpc) is 2.73. The number of nitrogens with two attached hydrogens (primary N) is 1. The SMILES string of the molecule is Cc1nc(NS(=O)(=O)c2cccc(S(N)(=O)=O)c2)n[nH]1. The summed E-state index contributed by atoms with van der Waals surface area (Å²) in [5, 5.41) is 11.1. The second-order valence-electron chi connectivity index (χ2n) is 3.87. The fourth-order valence-electron chi connectivity index (χ4n) is 1.39. The van der Waals surface area contributed by atoms with Crippen LogP contribution in [0.3, 0.4) is 0 Å². The van der Waals surface area contributed by atoms with Crippen molar-refractivity contribution in [1.82, 2.24) is 15.2 Å². The maximum Gasteiger partial charge on any atom is 0.264 e. The number of hydrogen-bond donors (Lipinski definition) is 3. The normalized spacial score (nSPS) is 12.3. The van der Waals surface area contributed by atoms with Crippen LogP contribution in [0.4, 0.5) is 5.95 Å². The van der Waals surface area contributed by atoms with Crippen LogP contribution in [0.2, 0.25) is 0 Å². The summed E-state index contributed by atoms with van der Waals surface area (Å²) < 4.78 is 48.6. The van der Waals surface area contributed by atoms with E-state index in [1.165, 1.54) is 18.2 Å². The number of aromatic nitrogens is 3. The van der Waals surface area contributed by atoms with E-state index in [0.717, 1.165) is 6.07 Å². The molecule has 0 radical (unpaired) electrons. The molecule has 0 spiro atoms. The summed E-state index contributed by atoms with van der Waals surface area (Å²) in [5.41, 5.74) is 0. The number of nitrogens with zero attached hydrogens (tertiary/aromatic N) is 2. The summed E-state index contributed by atoms with van der Waals surface area (Å²) >= 11 is 0. The van der Waals surface area contributed by atoms with Crippen molar-refractivity contribution in [2.24, 2.45) is 5.14 Å². The van der Waals surface area contributed by atoms with E-state index in [9.17, 15) is 16.8 Å². The van der Waals surface area contributed by atoms with Crippen LogP contribution in [0.15, 0.2) is 34.1 Å². The Morgan fingerprint density at radius 2 is 1.85 bits per heavy atom. The van der Waals surface area contributed by atoms with Crippen LogP contribution in [-0.2, 0) is 20.0 Å². The number of hydrogen-bond acceptors (Lipinski definition) is 6. The Balaban J connectivity index is 2.40. The van der Waals surface area contributed by atoms with Gasteiger partial charge in [-0.3, -0.25) is 5.10 Å². The molecule has 0 aliphatic rings. The summed E-state index contributed by atoms with van der Waals surface area (Å²) in [7, 11) is -7.98. The number of primary sulfonamides is 1. The minimum Gasteiger partial charge on any atom is -0.261 e. The second kappa shape index (κ2) is 4.85. The highest BCUT2D eigenvalue weighted by Crippen LogP contribution is 2.16. The third-order valence-electron chi connectivity index (χ3n) is 2.27. The van der Waals surface area contributed by atoms with Gasteiger partial charge in [-0.1, -0.05) is 6.07 Å². The van der Waals surface area contributed by atoms with Crippen molar-refractivity contribution in [1.29, 1.82) is 0 Å². The molecular formula is C9H11N5O4S2. The maximum atomic E-state index is 12.0. The molecule has 0 bridgehead atoms. The van der Waals surface area contributed by atoms with Crippen molar-refractivity contribution < 1.29 is 16.8 Å². The molecule has 0 aliphatic heterocycles. The van der Waals surface area contributed by atoms with Crippen LogP contribution in [-0.4, -0.2) is 32.0 Å². The minimum absolute atomic E-state index is 0.136. The van der Waals surface area contributed by atoms with E-state index in [-0.39, 0.29) is 15.7 Å². The first kappa shape index (κ1) is 14.4. The molecule has 0 fully saturated rings. The van der Waals surface area contributed by atoms with Crippen molar-refractivity contribution >= 4 is 26.0 Å². The van der Waals surface area contributed by atoms with E-state index in [2.05, 4.69) is 19.9 Å². The molecule has 20 heavy (non-hydrogen) atoms. The van der Waals surface area contributed by atoms with Crippen LogP contribution >= 0.6 is 0 Å². The average molecular weight is 317 g/mol. The highest BCUT2D eigenvalue weighted by Gasteiger charge is 2.19. The van der Waals surface area contributed by atoms with Crippen molar-refractivity contribution in [2.45, 2.75) is 16.7 Å². The Kier molecular flexibility index (Phi) is 3.50. The molecule has 2 aromatic rings. The summed E-state index contributed by atoms with van der Waals surface area (Å²) in [6, 6.07) is 4.66. The lowest BCUT2D eigenvalue weighted by molar-refractivity contribution is 0.597. The molecule has 0 amide bonds. The molecule has 0 saturated carbocycles. The van der Waals surface area contributed by atoms with Crippen molar-refractivity contribution in [3.63, 3.8) is 0 Å². The molecule has 4 N–H and O–H groups in total. The van der Waals surface area contributed by atoms with E-state index >= 15 is 0 Å². The first-order chi connectivity index (χ1) is 9.18. The predicted molar refractivity (Wildman–Crippen MR) is 69.7 cm³/mol. The number of sulfonamides is 2. The molecule has 0 atom stereocenters. The lowest BCUT2D eigenvalue weighted by Crippen LogP contribution is -2.16. The lowest BCUT2D eigenvalue weighted by atomic mass is 10.4. The Morgan fingerprint density at radius 1 is 1.20 bits per heavy atom. The molecule has 1 aromatic carbocycles. The van der Waals surface area contributed by atoms with Gasteiger partial charge in [0.2, 0.25) is 10.0 Å². The van der Waals surface area contributed by atoms with E-state index < -0.39 is 20.0 Å². The number of aryl methyl sites for hydroxylation is 1. The van der Waals surface area contributed by atoms with Gasteiger partial charge >= 0.3 is 0 Å². The van der Waals surface area contributed by atoms with E-state index in [4.69, 9.17) is 5.14 Å². The monoisotopic (exact) mass is 317 g/mol. The Hall–Kier alpha value is -1.98. The molecule has 9 nitrogen and oxygen atoms in total. The van der Waals surface area contributed by atoms with Crippen LogP contribution < -0.4 is 9.86 Å². The van der Waals surface area contributed by atoms with Crippen LogP contribution in [0.5, 0.6) is 0 Å². The minimum atomic E-state index is -4.00. The van der Waals surface area contributed by atoms with Gasteiger partial charge in [-0.05, 0) is 25.1 Å². The number of H-pyrrole nitrogens is 1. The topological polar surface area (TPSA) is 148 Å². The molecule has 108 valence electrons. The summed E-state index contributed by atoms with van der Waals surface area (Å²) in [5.74, 6) is 0.296. The fraction of sp³-hybridized carbons (Fsp3) is 0.111.